The van der Waals surface area contributed by atoms with Crippen molar-refractivity contribution in [2.75, 3.05) is 0 Å². The van der Waals surface area contributed by atoms with Crippen LogP contribution >= 0.6 is 15.9 Å². The average Bonchev–Trinajstić information content (AvgIpc) is 2.30. The molecule has 0 spiro atoms. The van der Waals surface area contributed by atoms with Crippen molar-refractivity contribution in [2.45, 2.75) is 13.3 Å². The summed E-state index contributed by atoms with van der Waals surface area (Å²) < 4.78 is 0.993. The molecule has 0 aliphatic carbocycles. The van der Waals surface area contributed by atoms with E-state index in [0.29, 0.717) is 6.42 Å². The summed E-state index contributed by atoms with van der Waals surface area (Å²) in [5, 5.41) is 0. The molecule has 0 aliphatic rings. The Morgan fingerprint density at radius 2 is 2.18 bits per heavy atom. The van der Waals surface area contributed by atoms with Crippen molar-refractivity contribution in [1.82, 2.24) is 4.98 Å². The smallest absolute Gasteiger partial charge is 0.167 e. The predicted octanol–water partition coefficient (Wildman–Crippen LogP) is 3.58. The molecule has 0 saturated heterocycles. The van der Waals surface area contributed by atoms with E-state index < -0.39 is 0 Å². The Labute approximate surface area is 109 Å². The third-order valence-electron chi connectivity index (χ3n) is 2.58. The highest BCUT2D eigenvalue weighted by molar-refractivity contribution is 9.10. The Morgan fingerprint density at radius 3 is 2.82 bits per heavy atom. The van der Waals surface area contributed by atoms with Crippen LogP contribution in [0.2, 0.25) is 0 Å². The summed E-state index contributed by atoms with van der Waals surface area (Å²) in [6.07, 6.45) is 3.83. The van der Waals surface area contributed by atoms with E-state index in [1.54, 1.807) is 12.4 Å². The Hall–Kier alpha value is -1.48. The molecule has 1 heterocycles. The molecule has 0 saturated carbocycles. The fourth-order valence-corrected chi connectivity index (χ4v) is 2.20. The number of halogens is 1. The molecule has 2 aromatic rings. The van der Waals surface area contributed by atoms with Gasteiger partial charge in [-0.2, -0.15) is 0 Å². The number of aryl methyl sites for hydroxylation is 1. The van der Waals surface area contributed by atoms with E-state index in [4.69, 9.17) is 0 Å². The van der Waals surface area contributed by atoms with E-state index in [1.165, 1.54) is 0 Å². The van der Waals surface area contributed by atoms with Crippen molar-refractivity contribution in [3.8, 4) is 0 Å². The largest absolute Gasteiger partial charge is 0.294 e. The van der Waals surface area contributed by atoms with Gasteiger partial charge in [-0.15, -0.1) is 0 Å². The molecule has 0 amide bonds. The number of benzene rings is 1. The number of hydrogen-bond acceptors (Lipinski definition) is 2. The van der Waals surface area contributed by atoms with Gasteiger partial charge in [-0.05, 0) is 36.2 Å². The predicted molar refractivity (Wildman–Crippen MR) is 71.2 cm³/mol. The fourth-order valence-electron chi connectivity index (χ4n) is 1.72. The van der Waals surface area contributed by atoms with Crippen molar-refractivity contribution in [1.29, 1.82) is 0 Å². The van der Waals surface area contributed by atoms with Gasteiger partial charge in [0, 0.05) is 28.9 Å². The van der Waals surface area contributed by atoms with E-state index >= 15 is 0 Å². The van der Waals surface area contributed by atoms with Gasteiger partial charge in [-0.25, -0.2) is 0 Å². The van der Waals surface area contributed by atoms with Gasteiger partial charge in [0.05, 0.1) is 0 Å². The lowest BCUT2D eigenvalue weighted by atomic mass is 10.0. The lowest BCUT2D eigenvalue weighted by molar-refractivity contribution is 0.0992. The van der Waals surface area contributed by atoms with Crippen LogP contribution < -0.4 is 0 Å². The van der Waals surface area contributed by atoms with Crippen molar-refractivity contribution in [2.24, 2.45) is 0 Å². The number of ketones is 1. The summed E-state index contributed by atoms with van der Waals surface area (Å²) in [4.78, 5) is 16.1. The zero-order valence-corrected chi connectivity index (χ0v) is 11.1. The zero-order valence-electron chi connectivity index (χ0n) is 9.48. The Kier molecular flexibility index (Phi) is 3.69. The maximum Gasteiger partial charge on any atom is 0.167 e. The van der Waals surface area contributed by atoms with Gasteiger partial charge >= 0.3 is 0 Å². The quantitative estimate of drug-likeness (QED) is 0.809. The summed E-state index contributed by atoms with van der Waals surface area (Å²) in [6.45, 7) is 1.95. The van der Waals surface area contributed by atoms with Crippen molar-refractivity contribution < 1.29 is 4.79 Å². The van der Waals surface area contributed by atoms with Crippen LogP contribution in [0.15, 0.2) is 47.2 Å². The first-order chi connectivity index (χ1) is 8.16. The summed E-state index contributed by atoms with van der Waals surface area (Å²) >= 11 is 3.39. The second-order valence-electron chi connectivity index (χ2n) is 3.92. The van der Waals surface area contributed by atoms with Crippen LogP contribution in [0.3, 0.4) is 0 Å². The van der Waals surface area contributed by atoms with Gasteiger partial charge in [0.25, 0.3) is 0 Å². The summed E-state index contributed by atoms with van der Waals surface area (Å²) in [5.41, 5.74) is 2.71. The molecular formula is C14H12BrNO. The van der Waals surface area contributed by atoms with Crippen molar-refractivity contribution >= 4 is 21.7 Å². The normalized spacial score (nSPS) is 10.2. The Balaban J connectivity index is 2.21. The van der Waals surface area contributed by atoms with E-state index in [2.05, 4.69) is 20.9 Å². The molecule has 0 radical (unpaired) electrons. The van der Waals surface area contributed by atoms with E-state index in [1.807, 2.05) is 37.3 Å². The maximum atomic E-state index is 12.1. The van der Waals surface area contributed by atoms with Gasteiger partial charge in [-0.3, -0.25) is 9.78 Å². The molecule has 0 unspecified atom stereocenters. The number of nitrogens with zero attached hydrogens (tertiary/aromatic N) is 1. The fraction of sp³-hybridized carbons (Fsp3) is 0.143. The summed E-state index contributed by atoms with van der Waals surface area (Å²) in [5.74, 6) is 0.128. The average molecular weight is 290 g/mol. The number of Topliss-reactive ketones (excluding diaryl/α,β-unsaturated/α-hetero) is 1. The second-order valence-corrected chi connectivity index (χ2v) is 4.84. The van der Waals surface area contributed by atoms with Crippen LogP contribution in [0, 0.1) is 6.92 Å². The minimum atomic E-state index is 0.128. The van der Waals surface area contributed by atoms with Crippen LogP contribution in [0.5, 0.6) is 0 Å². The number of carbonyl (C=O) groups is 1. The van der Waals surface area contributed by atoms with E-state index in [-0.39, 0.29) is 5.78 Å². The molecule has 1 aromatic heterocycles. The molecule has 2 rings (SSSR count). The molecule has 2 nitrogen and oxygen atoms in total. The van der Waals surface area contributed by atoms with Crippen LogP contribution in [0.1, 0.15) is 21.5 Å². The lowest BCUT2D eigenvalue weighted by Gasteiger charge is -2.05. The highest BCUT2D eigenvalue weighted by atomic mass is 79.9. The van der Waals surface area contributed by atoms with E-state index in [0.717, 1.165) is 21.2 Å². The number of carbonyl (C=O) groups excluding carboxylic acids is 1. The zero-order chi connectivity index (χ0) is 12.3. The molecule has 1 aromatic carbocycles. The molecule has 0 N–H and O–H groups in total. The van der Waals surface area contributed by atoms with Crippen LogP contribution in [0.25, 0.3) is 0 Å². The van der Waals surface area contributed by atoms with Crippen molar-refractivity contribution in [3.05, 3.63) is 63.9 Å². The molecular weight excluding hydrogens is 278 g/mol. The third kappa shape index (κ3) is 3.01. The Morgan fingerprint density at radius 1 is 1.35 bits per heavy atom. The van der Waals surface area contributed by atoms with Gasteiger partial charge in [0.1, 0.15) is 0 Å². The SMILES string of the molecule is Cc1cc(Br)ccc1C(=O)Cc1cccnc1. The molecule has 0 aliphatic heterocycles. The minimum absolute atomic E-state index is 0.128. The lowest BCUT2D eigenvalue weighted by Crippen LogP contribution is -2.05. The number of rotatable bonds is 3. The first kappa shape index (κ1) is 12.0. The standard InChI is InChI=1S/C14H12BrNO/c1-10-7-12(15)4-5-13(10)14(17)8-11-3-2-6-16-9-11/h2-7,9H,8H2,1H3. The number of aromatic nitrogens is 1. The van der Waals surface area contributed by atoms with Gasteiger partial charge < -0.3 is 0 Å². The number of hydrogen-bond donors (Lipinski definition) is 0. The van der Waals surface area contributed by atoms with Gasteiger partial charge in [0.15, 0.2) is 5.78 Å². The molecule has 17 heavy (non-hydrogen) atoms. The van der Waals surface area contributed by atoms with Gasteiger partial charge in [0.2, 0.25) is 0 Å². The molecule has 0 bridgehead atoms. The number of pyridine rings is 1. The first-order valence-electron chi connectivity index (χ1n) is 5.35. The molecule has 0 atom stereocenters. The topological polar surface area (TPSA) is 30.0 Å². The molecule has 3 heteroatoms. The third-order valence-corrected chi connectivity index (χ3v) is 3.07. The van der Waals surface area contributed by atoms with E-state index in [9.17, 15) is 4.79 Å². The van der Waals surface area contributed by atoms with Gasteiger partial charge in [-0.1, -0.05) is 28.1 Å². The second kappa shape index (κ2) is 5.23. The van der Waals surface area contributed by atoms with Crippen molar-refractivity contribution in [3.63, 3.8) is 0 Å². The monoisotopic (exact) mass is 289 g/mol. The first-order valence-corrected chi connectivity index (χ1v) is 6.14. The molecule has 86 valence electrons. The Bertz CT molecular complexity index is 537. The van der Waals surface area contributed by atoms with Crippen LogP contribution in [0.4, 0.5) is 0 Å². The molecule has 0 fully saturated rings. The maximum absolute atomic E-state index is 12.1. The summed E-state index contributed by atoms with van der Waals surface area (Å²) in [7, 11) is 0. The highest BCUT2D eigenvalue weighted by Crippen LogP contribution is 2.17. The highest BCUT2D eigenvalue weighted by Gasteiger charge is 2.09. The van der Waals surface area contributed by atoms with Crippen LogP contribution in [-0.2, 0) is 6.42 Å². The van der Waals surface area contributed by atoms with Crippen LogP contribution in [-0.4, -0.2) is 10.8 Å². The summed E-state index contributed by atoms with van der Waals surface area (Å²) in [6, 6.07) is 9.47. The minimum Gasteiger partial charge on any atom is -0.294 e.